The normalized spacial score (nSPS) is 18.5. The van der Waals surface area contributed by atoms with Crippen LogP contribution in [0, 0.1) is 0 Å². The number of anilines is 1. The molecule has 42 heavy (non-hydrogen) atoms. The number of halogens is 3. The van der Waals surface area contributed by atoms with E-state index in [1.54, 1.807) is 34.7 Å². The molecule has 0 atom stereocenters. The summed E-state index contributed by atoms with van der Waals surface area (Å²) >= 11 is 1.33. The summed E-state index contributed by atoms with van der Waals surface area (Å²) in [5, 5.41) is 2.28. The van der Waals surface area contributed by atoms with Crippen molar-refractivity contribution in [3.63, 3.8) is 0 Å². The predicted octanol–water partition coefficient (Wildman–Crippen LogP) is 3.59. The molecule has 2 aromatic carbocycles. The van der Waals surface area contributed by atoms with E-state index in [9.17, 15) is 31.2 Å². The van der Waals surface area contributed by atoms with E-state index in [4.69, 9.17) is 0 Å². The van der Waals surface area contributed by atoms with Crippen LogP contribution >= 0.6 is 11.3 Å². The summed E-state index contributed by atoms with van der Waals surface area (Å²) in [6, 6.07) is 8.64. The van der Waals surface area contributed by atoms with Gasteiger partial charge in [-0.05, 0) is 60.9 Å². The van der Waals surface area contributed by atoms with Crippen molar-refractivity contribution in [3.8, 4) is 0 Å². The molecule has 222 valence electrons. The molecule has 0 N–H and O–H groups in total. The molecule has 3 aliphatic heterocycles. The van der Waals surface area contributed by atoms with Gasteiger partial charge in [0.2, 0.25) is 0 Å². The minimum absolute atomic E-state index is 0.0480. The third-order valence-electron chi connectivity index (χ3n) is 8.05. The number of piperazine rings is 1. The average Bonchev–Trinajstić information content (AvgIpc) is 3.50. The summed E-state index contributed by atoms with van der Waals surface area (Å²) in [5.74, 6) is -0.178. The van der Waals surface area contributed by atoms with Gasteiger partial charge in [-0.3, -0.25) is 18.8 Å². The number of rotatable bonds is 5. The largest absolute Gasteiger partial charge is 0.416 e. The van der Waals surface area contributed by atoms with Crippen LogP contribution in [0.25, 0.3) is 0 Å². The van der Waals surface area contributed by atoms with E-state index in [1.165, 1.54) is 15.6 Å². The molecule has 1 aromatic heterocycles. The Morgan fingerprint density at radius 2 is 1.62 bits per heavy atom. The first-order valence-corrected chi connectivity index (χ1v) is 15.9. The second-order valence-corrected chi connectivity index (χ2v) is 13.3. The Morgan fingerprint density at radius 3 is 2.26 bits per heavy atom. The van der Waals surface area contributed by atoms with Crippen molar-refractivity contribution in [2.24, 2.45) is 0 Å². The van der Waals surface area contributed by atoms with Gasteiger partial charge in [0, 0.05) is 69.0 Å². The number of nitrogens with zero attached hydrogens (tertiary/aromatic N) is 5. The number of aryl methyl sites for hydroxylation is 1. The van der Waals surface area contributed by atoms with Crippen LogP contribution in [0.1, 0.15) is 37.7 Å². The maximum atomic E-state index is 13.3. The average molecular weight is 620 g/mol. The fraction of sp³-hybridized carbons (Fsp3) is 0.393. The van der Waals surface area contributed by atoms with Crippen molar-refractivity contribution in [2.45, 2.75) is 30.0 Å². The summed E-state index contributed by atoms with van der Waals surface area (Å²) in [7, 11) is -4.08. The lowest BCUT2D eigenvalue weighted by Gasteiger charge is -2.48. The molecule has 0 saturated carbocycles. The highest BCUT2D eigenvalue weighted by atomic mass is 32.2. The smallest absolute Gasteiger partial charge is 0.335 e. The minimum Gasteiger partial charge on any atom is -0.335 e. The fourth-order valence-corrected chi connectivity index (χ4v) is 7.82. The number of carbonyl (C=O) groups is 2. The Bertz CT molecular complexity index is 1580. The van der Waals surface area contributed by atoms with Crippen LogP contribution in [0.5, 0.6) is 0 Å². The highest BCUT2D eigenvalue weighted by Gasteiger charge is 2.38. The van der Waals surface area contributed by atoms with Gasteiger partial charge >= 0.3 is 6.18 Å². The zero-order valence-electron chi connectivity index (χ0n) is 22.5. The quantitative estimate of drug-likeness (QED) is 0.434. The third-order valence-corrected chi connectivity index (χ3v) is 10.6. The molecular formula is C28H28F3N5O4S2. The van der Waals surface area contributed by atoms with Crippen LogP contribution in [0.15, 0.2) is 58.9 Å². The Balaban J connectivity index is 1.08. The van der Waals surface area contributed by atoms with Crippen LogP contribution in [-0.2, 0) is 22.6 Å². The van der Waals surface area contributed by atoms with E-state index in [-0.39, 0.29) is 29.3 Å². The summed E-state index contributed by atoms with van der Waals surface area (Å²) in [4.78, 5) is 35.5. The van der Waals surface area contributed by atoms with E-state index >= 15 is 0 Å². The minimum atomic E-state index is -4.56. The van der Waals surface area contributed by atoms with Crippen molar-refractivity contribution in [2.75, 3.05) is 50.1 Å². The lowest BCUT2D eigenvalue weighted by atomic mass is 9.98. The molecule has 9 nitrogen and oxygen atoms in total. The van der Waals surface area contributed by atoms with E-state index in [0.717, 1.165) is 37.4 Å². The number of likely N-dealkylation sites (tertiary alicyclic amines) is 1. The highest BCUT2D eigenvalue weighted by molar-refractivity contribution is 7.92. The first-order chi connectivity index (χ1) is 20.0. The summed E-state index contributed by atoms with van der Waals surface area (Å²) in [6.45, 7) is 4.02. The van der Waals surface area contributed by atoms with E-state index in [1.807, 2.05) is 4.90 Å². The molecule has 0 radical (unpaired) electrons. The SMILES string of the molecule is O=C(c1ccc2c(c1)CCCN2S(=O)(=O)c1ccc(C(F)(F)F)cc1)N1CC(N2CCN(C(=O)c3nccs3)CC2)C1. The number of hydrogen-bond acceptors (Lipinski definition) is 7. The Labute approximate surface area is 245 Å². The van der Waals surface area contributed by atoms with Gasteiger partial charge in [-0.1, -0.05) is 0 Å². The summed E-state index contributed by atoms with van der Waals surface area (Å²) in [6.07, 6.45) is -1.83. The van der Waals surface area contributed by atoms with E-state index in [0.29, 0.717) is 60.8 Å². The molecule has 3 aromatic rings. The Hall–Kier alpha value is -3.49. The molecule has 0 unspecified atom stereocenters. The van der Waals surface area contributed by atoms with Crippen molar-refractivity contribution in [1.82, 2.24) is 19.7 Å². The number of benzene rings is 2. The lowest BCUT2D eigenvalue weighted by molar-refractivity contribution is -0.137. The molecule has 0 spiro atoms. The number of thiazole rings is 1. The van der Waals surface area contributed by atoms with E-state index < -0.39 is 21.8 Å². The van der Waals surface area contributed by atoms with E-state index in [2.05, 4.69) is 9.88 Å². The first-order valence-electron chi connectivity index (χ1n) is 13.6. The molecule has 14 heteroatoms. The molecule has 0 aliphatic carbocycles. The standard InChI is InChI=1S/C28H28F3N5O4S2/c29-28(30,31)21-4-6-23(7-5-21)42(39,40)36-10-1-2-19-16-20(3-8-24(19)36)26(37)35-17-22(18-35)33-11-13-34(14-12-33)27(38)25-32-9-15-41-25/h3-9,15-16,22H,1-2,10-14,17-18H2. The maximum Gasteiger partial charge on any atom is 0.416 e. The Morgan fingerprint density at radius 1 is 0.905 bits per heavy atom. The first kappa shape index (κ1) is 28.6. The van der Waals surface area contributed by atoms with Crippen LogP contribution in [0.3, 0.4) is 0 Å². The molecule has 2 fully saturated rings. The maximum absolute atomic E-state index is 13.3. The summed E-state index contributed by atoms with van der Waals surface area (Å²) < 4.78 is 66.7. The van der Waals surface area contributed by atoms with Crippen LogP contribution in [-0.4, -0.2) is 91.8 Å². The van der Waals surface area contributed by atoms with Gasteiger partial charge in [-0.2, -0.15) is 13.2 Å². The summed E-state index contributed by atoms with van der Waals surface area (Å²) in [5.41, 5.74) is 0.700. The predicted molar refractivity (Wildman–Crippen MR) is 150 cm³/mol. The number of aromatic nitrogens is 1. The van der Waals surface area contributed by atoms with Crippen molar-refractivity contribution >= 4 is 38.9 Å². The van der Waals surface area contributed by atoms with Crippen LogP contribution in [0.2, 0.25) is 0 Å². The van der Waals surface area contributed by atoms with Gasteiger partial charge in [-0.15, -0.1) is 11.3 Å². The van der Waals surface area contributed by atoms with Gasteiger partial charge in [0.15, 0.2) is 5.01 Å². The van der Waals surface area contributed by atoms with Gasteiger partial charge in [0.05, 0.1) is 16.1 Å². The second-order valence-electron chi connectivity index (χ2n) is 10.6. The number of amides is 2. The van der Waals surface area contributed by atoms with Crippen LogP contribution in [0.4, 0.5) is 18.9 Å². The molecule has 3 aliphatic rings. The number of fused-ring (bicyclic) bond motifs is 1. The lowest BCUT2D eigenvalue weighted by Crippen LogP contribution is -2.64. The van der Waals surface area contributed by atoms with Gasteiger partial charge in [0.1, 0.15) is 0 Å². The second kappa shape index (κ2) is 11.0. The van der Waals surface area contributed by atoms with Gasteiger partial charge in [-0.25, -0.2) is 13.4 Å². The number of alkyl halides is 3. The molecular weight excluding hydrogens is 591 g/mol. The third kappa shape index (κ3) is 5.38. The van der Waals surface area contributed by atoms with Crippen molar-refractivity contribution < 1.29 is 31.2 Å². The highest BCUT2D eigenvalue weighted by Crippen LogP contribution is 2.35. The zero-order chi connectivity index (χ0) is 29.6. The Kier molecular flexibility index (Phi) is 7.48. The van der Waals surface area contributed by atoms with Crippen LogP contribution < -0.4 is 4.31 Å². The topological polar surface area (TPSA) is 94.1 Å². The fourth-order valence-electron chi connectivity index (χ4n) is 5.68. The molecule has 2 saturated heterocycles. The monoisotopic (exact) mass is 619 g/mol. The molecule has 0 bridgehead atoms. The molecule has 4 heterocycles. The zero-order valence-corrected chi connectivity index (χ0v) is 24.1. The number of sulfonamides is 1. The van der Waals surface area contributed by atoms with Gasteiger partial charge in [0.25, 0.3) is 21.8 Å². The number of hydrogen-bond donors (Lipinski definition) is 0. The number of carbonyl (C=O) groups excluding carboxylic acids is 2. The molecule has 2 amide bonds. The molecule has 6 rings (SSSR count). The van der Waals surface area contributed by atoms with Crippen molar-refractivity contribution in [1.29, 1.82) is 0 Å². The van der Waals surface area contributed by atoms with Crippen molar-refractivity contribution in [3.05, 3.63) is 75.7 Å². The van der Waals surface area contributed by atoms with Gasteiger partial charge < -0.3 is 9.80 Å².